The Morgan fingerprint density at radius 3 is 2.64 bits per heavy atom. The van der Waals surface area contributed by atoms with E-state index in [1.807, 2.05) is 29.2 Å². The topological polar surface area (TPSA) is 75.7 Å². The highest BCUT2D eigenvalue weighted by Gasteiger charge is 2.43. The highest BCUT2D eigenvalue weighted by Crippen LogP contribution is 2.46. The van der Waals surface area contributed by atoms with Crippen LogP contribution in [0.3, 0.4) is 0 Å². The number of rotatable bonds is 4. The van der Waals surface area contributed by atoms with Crippen molar-refractivity contribution < 1.29 is 17.9 Å². The molecule has 6 nitrogen and oxygen atoms in total. The Kier molecular flexibility index (Phi) is 5.03. The van der Waals surface area contributed by atoms with Crippen LogP contribution in [0.25, 0.3) is 0 Å². The van der Waals surface area contributed by atoms with Gasteiger partial charge in [-0.3, -0.25) is 4.79 Å². The summed E-state index contributed by atoms with van der Waals surface area (Å²) in [5.74, 6) is 1.13. The summed E-state index contributed by atoms with van der Waals surface area (Å²) in [4.78, 5) is 14.7. The lowest BCUT2D eigenvalue weighted by molar-refractivity contribution is -0.119. The van der Waals surface area contributed by atoms with Crippen molar-refractivity contribution in [3.8, 4) is 5.75 Å². The van der Waals surface area contributed by atoms with Crippen molar-refractivity contribution in [2.75, 3.05) is 11.4 Å². The van der Waals surface area contributed by atoms with Crippen LogP contribution in [0.1, 0.15) is 68.5 Å². The molecule has 2 aliphatic heterocycles. The first kappa shape index (κ1) is 21.2. The smallest absolute Gasteiger partial charge is 0.241 e. The Morgan fingerprint density at radius 1 is 1.06 bits per heavy atom. The maximum absolute atomic E-state index is 13.5. The largest absolute Gasteiger partial charge is 0.487 e. The molecule has 2 aromatic rings. The molecule has 0 radical (unpaired) electrons. The van der Waals surface area contributed by atoms with Gasteiger partial charge in [0.25, 0.3) is 0 Å². The van der Waals surface area contributed by atoms with Crippen LogP contribution in [0.5, 0.6) is 5.75 Å². The molecule has 33 heavy (non-hydrogen) atoms. The van der Waals surface area contributed by atoms with E-state index in [4.69, 9.17) is 4.74 Å². The molecule has 0 aromatic heterocycles. The molecule has 1 amide bonds. The highest BCUT2D eigenvalue weighted by molar-refractivity contribution is 7.89. The second kappa shape index (κ2) is 7.84. The zero-order valence-electron chi connectivity index (χ0n) is 18.8. The normalized spacial score (nSPS) is 23.6. The Hall–Kier alpha value is -2.38. The lowest BCUT2D eigenvalue weighted by Crippen LogP contribution is -2.46. The summed E-state index contributed by atoms with van der Waals surface area (Å²) >= 11 is 0. The fourth-order valence-electron chi connectivity index (χ4n) is 5.81. The number of ether oxygens (including phenoxy) is 1. The molecule has 1 N–H and O–H groups in total. The Labute approximate surface area is 195 Å². The fourth-order valence-corrected chi connectivity index (χ4v) is 7.07. The third kappa shape index (κ3) is 3.85. The van der Waals surface area contributed by atoms with Crippen molar-refractivity contribution >= 4 is 21.6 Å². The van der Waals surface area contributed by atoms with E-state index in [2.05, 4.69) is 4.72 Å². The van der Waals surface area contributed by atoms with Gasteiger partial charge in [0.1, 0.15) is 11.4 Å². The number of benzene rings is 2. The quantitative estimate of drug-likeness (QED) is 0.720. The molecule has 0 saturated heterocycles. The predicted octanol–water partition coefficient (Wildman–Crippen LogP) is 4.49. The second-order valence-corrected chi connectivity index (χ2v) is 11.8. The Balaban J connectivity index is 1.28. The number of nitrogens with zero attached hydrogens (tertiary/aromatic N) is 1. The van der Waals surface area contributed by atoms with Crippen molar-refractivity contribution in [2.24, 2.45) is 5.92 Å². The minimum Gasteiger partial charge on any atom is -0.487 e. The van der Waals surface area contributed by atoms with E-state index in [1.165, 1.54) is 6.42 Å². The maximum atomic E-state index is 13.5. The summed E-state index contributed by atoms with van der Waals surface area (Å²) < 4.78 is 36.4. The standard InChI is InChI=1S/C26H30N2O4S/c29-25(18-8-9-18)28-15-12-19-16-20(10-11-23(19)28)33(30,31)27-22-17-26(13-4-1-5-14-26)32-24-7-3-2-6-21(22)24/h2-3,6-7,10-11,16,18,22,27H,1,4-5,8-9,12-15,17H2/t22-/m0/s1. The van der Waals surface area contributed by atoms with Gasteiger partial charge in [-0.2, -0.15) is 0 Å². The summed E-state index contributed by atoms with van der Waals surface area (Å²) in [6.45, 7) is 0.636. The van der Waals surface area contributed by atoms with Crippen LogP contribution in [-0.2, 0) is 21.2 Å². The van der Waals surface area contributed by atoms with E-state index < -0.39 is 10.0 Å². The van der Waals surface area contributed by atoms with Crippen LogP contribution in [0, 0.1) is 5.92 Å². The molecule has 2 aromatic carbocycles. The molecule has 2 fully saturated rings. The molecular weight excluding hydrogens is 436 g/mol. The molecule has 0 unspecified atom stereocenters. The first-order chi connectivity index (χ1) is 15.9. The van der Waals surface area contributed by atoms with Gasteiger partial charge in [0.05, 0.1) is 10.9 Å². The molecule has 1 spiro atoms. The second-order valence-electron chi connectivity index (χ2n) is 10.1. The molecule has 2 heterocycles. The third-order valence-corrected chi connectivity index (χ3v) is 9.18. The minimum atomic E-state index is -3.73. The van der Waals surface area contributed by atoms with Crippen LogP contribution in [0.2, 0.25) is 0 Å². The van der Waals surface area contributed by atoms with Gasteiger partial charge in [0.15, 0.2) is 0 Å². The number of para-hydroxylation sites is 1. The summed E-state index contributed by atoms with van der Waals surface area (Å²) in [6.07, 6.45) is 8.64. The van der Waals surface area contributed by atoms with Gasteiger partial charge in [0.2, 0.25) is 15.9 Å². The number of hydrogen-bond donors (Lipinski definition) is 1. The van der Waals surface area contributed by atoms with Crippen molar-refractivity contribution in [3.05, 3.63) is 53.6 Å². The van der Waals surface area contributed by atoms with E-state index >= 15 is 0 Å². The average Bonchev–Trinajstić information content (AvgIpc) is 3.57. The fraction of sp³-hybridized carbons (Fsp3) is 0.500. The lowest BCUT2D eigenvalue weighted by atomic mass is 9.77. The van der Waals surface area contributed by atoms with Crippen molar-refractivity contribution in [1.82, 2.24) is 4.72 Å². The van der Waals surface area contributed by atoms with Crippen LogP contribution in [0.4, 0.5) is 5.69 Å². The molecule has 2 aliphatic carbocycles. The average molecular weight is 467 g/mol. The van der Waals surface area contributed by atoms with Gasteiger partial charge in [-0.15, -0.1) is 0 Å². The van der Waals surface area contributed by atoms with E-state index in [1.54, 1.807) is 18.2 Å². The van der Waals surface area contributed by atoms with Gasteiger partial charge in [0, 0.05) is 30.1 Å². The van der Waals surface area contributed by atoms with Crippen LogP contribution < -0.4 is 14.4 Å². The maximum Gasteiger partial charge on any atom is 0.241 e. The van der Waals surface area contributed by atoms with Gasteiger partial charge in [-0.1, -0.05) is 24.6 Å². The number of carbonyl (C=O) groups excluding carboxylic acids is 1. The molecule has 6 rings (SSSR count). The molecular formula is C26H30N2O4S. The first-order valence-electron chi connectivity index (χ1n) is 12.2. The minimum absolute atomic E-state index is 0.154. The summed E-state index contributed by atoms with van der Waals surface area (Å²) in [6, 6.07) is 12.7. The lowest BCUT2D eigenvalue weighted by Gasteiger charge is -2.44. The summed E-state index contributed by atoms with van der Waals surface area (Å²) in [7, 11) is -3.73. The van der Waals surface area contributed by atoms with Crippen LogP contribution >= 0.6 is 0 Å². The monoisotopic (exact) mass is 466 g/mol. The summed E-state index contributed by atoms with van der Waals surface area (Å²) in [5, 5.41) is 0. The number of hydrogen-bond acceptors (Lipinski definition) is 4. The molecule has 1 atom stereocenters. The number of fused-ring (bicyclic) bond motifs is 2. The number of anilines is 1. The van der Waals surface area contributed by atoms with Gasteiger partial charge >= 0.3 is 0 Å². The predicted molar refractivity (Wildman–Crippen MR) is 126 cm³/mol. The Bertz CT molecular complexity index is 1200. The molecule has 174 valence electrons. The van der Waals surface area contributed by atoms with Gasteiger partial charge in [-0.05, 0) is 74.8 Å². The Morgan fingerprint density at radius 2 is 1.85 bits per heavy atom. The number of sulfonamides is 1. The zero-order valence-corrected chi connectivity index (χ0v) is 19.6. The third-order valence-electron chi connectivity index (χ3n) is 7.71. The SMILES string of the molecule is O=C(C1CC1)N1CCc2cc(S(=O)(=O)N[C@H]3CC4(CCCCC4)Oc4ccccc43)ccc21. The van der Waals surface area contributed by atoms with Crippen LogP contribution in [-0.4, -0.2) is 26.5 Å². The molecule has 7 heteroatoms. The van der Waals surface area contributed by atoms with Crippen LogP contribution in [0.15, 0.2) is 47.4 Å². The zero-order chi connectivity index (χ0) is 22.6. The summed E-state index contributed by atoms with van der Waals surface area (Å²) in [5.41, 5.74) is 2.41. The van der Waals surface area contributed by atoms with Crippen molar-refractivity contribution in [1.29, 1.82) is 0 Å². The molecule has 0 bridgehead atoms. The number of carbonyl (C=O) groups is 1. The van der Waals surface area contributed by atoms with E-state index in [0.717, 1.165) is 61.1 Å². The number of nitrogens with one attached hydrogen (secondary N) is 1. The van der Waals surface area contributed by atoms with E-state index in [0.29, 0.717) is 19.4 Å². The van der Waals surface area contributed by atoms with E-state index in [-0.39, 0.29) is 28.4 Å². The van der Waals surface area contributed by atoms with E-state index in [9.17, 15) is 13.2 Å². The van der Waals surface area contributed by atoms with Crippen molar-refractivity contribution in [3.63, 3.8) is 0 Å². The molecule has 2 saturated carbocycles. The number of amides is 1. The van der Waals surface area contributed by atoms with Gasteiger partial charge < -0.3 is 9.64 Å². The van der Waals surface area contributed by atoms with Crippen molar-refractivity contribution in [2.45, 2.75) is 74.3 Å². The molecule has 4 aliphatic rings. The highest BCUT2D eigenvalue weighted by atomic mass is 32.2. The first-order valence-corrected chi connectivity index (χ1v) is 13.7. The van der Waals surface area contributed by atoms with Gasteiger partial charge in [-0.25, -0.2) is 13.1 Å².